The van der Waals surface area contributed by atoms with Crippen LogP contribution in [-0.4, -0.2) is 24.5 Å². The third-order valence-corrected chi connectivity index (χ3v) is 5.39. The number of primary amides is 1. The molecule has 7 nitrogen and oxygen atoms in total. The van der Waals surface area contributed by atoms with Crippen LogP contribution in [-0.2, 0) is 10.0 Å². The van der Waals surface area contributed by atoms with Crippen molar-refractivity contribution in [2.24, 2.45) is 5.73 Å². The lowest BCUT2D eigenvalue weighted by atomic mass is 10.1. The predicted molar refractivity (Wildman–Crippen MR) is 99.3 cm³/mol. The van der Waals surface area contributed by atoms with E-state index in [1.165, 1.54) is 18.2 Å². The van der Waals surface area contributed by atoms with E-state index in [2.05, 4.69) is 14.9 Å². The van der Waals surface area contributed by atoms with E-state index in [0.717, 1.165) is 11.1 Å². The van der Waals surface area contributed by atoms with E-state index in [-0.39, 0.29) is 16.3 Å². The maximum Gasteiger partial charge on any atom is 0.263 e. The smallest absolute Gasteiger partial charge is 0.263 e. The molecule has 8 heteroatoms. The SMILES string of the molecule is Cc1ccc(S(=O)(=O)Nc2cc(-c3ccccc3C)[nH]n2)cc1C(N)=O. The van der Waals surface area contributed by atoms with E-state index < -0.39 is 15.9 Å². The second-order valence-electron chi connectivity index (χ2n) is 5.93. The van der Waals surface area contributed by atoms with Crippen LogP contribution in [0.5, 0.6) is 0 Å². The zero-order valence-electron chi connectivity index (χ0n) is 14.3. The van der Waals surface area contributed by atoms with Crippen molar-refractivity contribution < 1.29 is 13.2 Å². The van der Waals surface area contributed by atoms with Gasteiger partial charge in [0.25, 0.3) is 10.0 Å². The second-order valence-corrected chi connectivity index (χ2v) is 7.61. The van der Waals surface area contributed by atoms with Crippen LogP contribution in [0, 0.1) is 13.8 Å². The molecule has 3 rings (SSSR count). The molecule has 0 saturated heterocycles. The minimum Gasteiger partial charge on any atom is -0.366 e. The van der Waals surface area contributed by atoms with Gasteiger partial charge in [0.2, 0.25) is 5.91 Å². The summed E-state index contributed by atoms with van der Waals surface area (Å²) in [5.41, 5.74) is 8.72. The number of H-pyrrole nitrogens is 1. The summed E-state index contributed by atoms with van der Waals surface area (Å²) < 4.78 is 27.6. The first-order chi connectivity index (χ1) is 12.3. The Labute approximate surface area is 151 Å². The molecule has 3 aromatic rings. The zero-order valence-corrected chi connectivity index (χ0v) is 15.1. The summed E-state index contributed by atoms with van der Waals surface area (Å²) >= 11 is 0. The predicted octanol–water partition coefficient (Wildman–Crippen LogP) is 2.59. The van der Waals surface area contributed by atoms with Crippen LogP contribution in [0.15, 0.2) is 53.4 Å². The number of nitrogens with one attached hydrogen (secondary N) is 2. The standard InChI is InChI=1S/C18H18N4O3S/c1-11-5-3-4-6-14(11)16-10-17(21-20-16)22-26(24,25)13-8-7-12(2)15(9-13)18(19)23/h3-10H,1-2H3,(H2,19,23)(H2,20,21,22). The number of hydrogen-bond donors (Lipinski definition) is 3. The molecule has 1 aromatic heterocycles. The number of carbonyl (C=O) groups excluding carboxylic acids is 1. The molecule has 0 aliphatic heterocycles. The minimum absolute atomic E-state index is 0.0580. The van der Waals surface area contributed by atoms with Crippen LogP contribution < -0.4 is 10.5 Å². The van der Waals surface area contributed by atoms with Gasteiger partial charge in [-0.1, -0.05) is 30.3 Å². The molecule has 26 heavy (non-hydrogen) atoms. The van der Waals surface area contributed by atoms with Gasteiger partial charge in [0, 0.05) is 17.2 Å². The topological polar surface area (TPSA) is 118 Å². The molecule has 0 unspecified atom stereocenters. The van der Waals surface area contributed by atoms with E-state index in [4.69, 9.17) is 5.73 Å². The van der Waals surface area contributed by atoms with E-state index in [9.17, 15) is 13.2 Å². The van der Waals surface area contributed by atoms with Gasteiger partial charge >= 0.3 is 0 Å². The van der Waals surface area contributed by atoms with Crippen molar-refractivity contribution >= 4 is 21.7 Å². The van der Waals surface area contributed by atoms with Crippen LogP contribution in [0.2, 0.25) is 0 Å². The van der Waals surface area contributed by atoms with Gasteiger partial charge in [0.1, 0.15) is 0 Å². The molecular formula is C18H18N4O3S. The summed E-state index contributed by atoms with van der Waals surface area (Å²) in [6, 6.07) is 13.5. The first-order valence-electron chi connectivity index (χ1n) is 7.82. The summed E-state index contributed by atoms with van der Waals surface area (Å²) in [5, 5.41) is 6.84. The summed E-state index contributed by atoms with van der Waals surface area (Å²) in [6.07, 6.45) is 0. The number of nitrogens with zero attached hydrogens (tertiary/aromatic N) is 1. The Morgan fingerprint density at radius 3 is 2.50 bits per heavy atom. The van der Waals surface area contributed by atoms with Crippen LogP contribution in [0.3, 0.4) is 0 Å². The second kappa shape index (κ2) is 6.64. The van der Waals surface area contributed by atoms with E-state index in [0.29, 0.717) is 11.3 Å². The Hall–Kier alpha value is -3.13. The maximum absolute atomic E-state index is 12.6. The molecule has 4 N–H and O–H groups in total. The highest BCUT2D eigenvalue weighted by atomic mass is 32.2. The number of aromatic amines is 1. The van der Waals surface area contributed by atoms with Gasteiger partial charge in [-0.15, -0.1) is 0 Å². The molecule has 134 valence electrons. The van der Waals surface area contributed by atoms with Crippen molar-refractivity contribution in [3.8, 4) is 11.3 Å². The fourth-order valence-corrected chi connectivity index (χ4v) is 3.64. The maximum atomic E-state index is 12.6. The molecule has 0 bridgehead atoms. The Morgan fingerprint density at radius 2 is 1.81 bits per heavy atom. The highest BCUT2D eigenvalue weighted by Crippen LogP contribution is 2.24. The van der Waals surface area contributed by atoms with Crippen molar-refractivity contribution in [2.45, 2.75) is 18.7 Å². The molecule has 0 radical (unpaired) electrons. The van der Waals surface area contributed by atoms with Crippen molar-refractivity contribution in [1.29, 1.82) is 0 Å². The van der Waals surface area contributed by atoms with E-state index in [1.807, 2.05) is 31.2 Å². The number of hydrogen-bond acceptors (Lipinski definition) is 4. The fraction of sp³-hybridized carbons (Fsp3) is 0.111. The Balaban J connectivity index is 1.91. The Morgan fingerprint density at radius 1 is 1.08 bits per heavy atom. The molecule has 0 spiro atoms. The van der Waals surface area contributed by atoms with Gasteiger partial charge in [-0.05, 0) is 37.1 Å². The normalized spacial score (nSPS) is 11.3. The summed E-state index contributed by atoms with van der Waals surface area (Å²) in [4.78, 5) is 11.4. The lowest BCUT2D eigenvalue weighted by molar-refractivity contribution is 0.0999. The lowest BCUT2D eigenvalue weighted by Gasteiger charge is -2.08. The summed E-state index contributed by atoms with van der Waals surface area (Å²) in [7, 11) is -3.91. The van der Waals surface area contributed by atoms with Crippen LogP contribution in [0.25, 0.3) is 11.3 Å². The molecule has 0 aliphatic rings. The van der Waals surface area contributed by atoms with Crippen LogP contribution in [0.1, 0.15) is 21.5 Å². The molecule has 2 aromatic carbocycles. The number of aromatic nitrogens is 2. The molecule has 0 fully saturated rings. The molecule has 1 heterocycles. The van der Waals surface area contributed by atoms with Crippen LogP contribution in [0.4, 0.5) is 5.82 Å². The summed E-state index contributed by atoms with van der Waals surface area (Å²) in [5.74, 6) is -0.523. The summed E-state index contributed by atoms with van der Waals surface area (Å²) in [6.45, 7) is 3.64. The number of rotatable bonds is 5. The molecule has 1 amide bonds. The first kappa shape index (κ1) is 17.7. The van der Waals surface area contributed by atoms with Gasteiger partial charge in [-0.2, -0.15) is 5.10 Å². The van der Waals surface area contributed by atoms with Gasteiger partial charge in [-0.3, -0.25) is 14.6 Å². The highest BCUT2D eigenvalue weighted by molar-refractivity contribution is 7.92. The molecule has 0 atom stereocenters. The molecular weight excluding hydrogens is 352 g/mol. The van der Waals surface area contributed by atoms with Gasteiger partial charge < -0.3 is 5.73 Å². The van der Waals surface area contributed by atoms with Crippen LogP contribution >= 0.6 is 0 Å². The average molecular weight is 370 g/mol. The van der Waals surface area contributed by atoms with Gasteiger partial charge in [0.05, 0.1) is 10.6 Å². The Bertz CT molecular complexity index is 1090. The minimum atomic E-state index is -3.91. The van der Waals surface area contributed by atoms with Crippen molar-refractivity contribution in [3.63, 3.8) is 0 Å². The highest BCUT2D eigenvalue weighted by Gasteiger charge is 2.19. The quantitative estimate of drug-likeness (QED) is 0.639. The van der Waals surface area contributed by atoms with Crippen molar-refractivity contribution in [3.05, 3.63) is 65.2 Å². The number of carbonyl (C=O) groups is 1. The van der Waals surface area contributed by atoms with Crippen molar-refractivity contribution in [2.75, 3.05) is 4.72 Å². The number of aryl methyl sites for hydroxylation is 2. The third kappa shape index (κ3) is 3.45. The van der Waals surface area contributed by atoms with E-state index >= 15 is 0 Å². The number of benzene rings is 2. The lowest BCUT2D eigenvalue weighted by Crippen LogP contribution is -2.17. The van der Waals surface area contributed by atoms with Gasteiger partial charge in [-0.25, -0.2) is 8.42 Å². The zero-order chi connectivity index (χ0) is 18.9. The Kier molecular flexibility index (Phi) is 4.52. The number of sulfonamides is 1. The van der Waals surface area contributed by atoms with Crippen molar-refractivity contribution in [1.82, 2.24) is 10.2 Å². The van der Waals surface area contributed by atoms with E-state index in [1.54, 1.807) is 13.0 Å². The fourth-order valence-electron chi connectivity index (χ4n) is 2.62. The number of amides is 1. The molecule has 0 saturated carbocycles. The third-order valence-electron chi connectivity index (χ3n) is 4.04. The molecule has 0 aliphatic carbocycles. The number of nitrogens with two attached hydrogens (primary N) is 1. The van der Waals surface area contributed by atoms with Gasteiger partial charge in [0.15, 0.2) is 5.82 Å². The number of anilines is 1. The average Bonchev–Trinajstić information content (AvgIpc) is 3.02. The first-order valence-corrected chi connectivity index (χ1v) is 9.31. The largest absolute Gasteiger partial charge is 0.366 e. The monoisotopic (exact) mass is 370 g/mol.